The Kier molecular flexibility index (Phi) is 74.0. The minimum absolute atomic E-state index is 0. The molecule has 0 aromatic carbocycles. The lowest BCUT2D eigenvalue weighted by Crippen LogP contribution is -2.70. The van der Waals surface area contributed by atoms with Gasteiger partial charge >= 0.3 is 53.7 Å². The number of alkyl halides is 13. The molecule has 0 saturated heterocycles. The number of esters is 3. The number of ether oxygens (including phenoxy) is 16. The van der Waals surface area contributed by atoms with Crippen LogP contribution in [0.15, 0.2) is 0 Å². The molecule has 34 heteroatoms. The molecule has 0 spiro atoms. The van der Waals surface area contributed by atoms with Gasteiger partial charge in [0.1, 0.15) is 13.2 Å². The summed E-state index contributed by atoms with van der Waals surface area (Å²) in [5.41, 5.74) is 0. The van der Waals surface area contributed by atoms with Gasteiger partial charge < -0.3 is 86.0 Å². The maximum Gasteiger partial charge on any atom is 0.460 e. The molecule has 0 aliphatic rings. The van der Waals surface area contributed by atoms with Crippen molar-refractivity contribution in [2.45, 2.75) is 220 Å². The Morgan fingerprint density at radius 1 is 0.337 bits per heavy atom. The molecule has 98 heavy (non-hydrogen) atoms. The first-order valence-corrected chi connectivity index (χ1v) is 29.1. The number of carbonyl (C=O) groups is 3. The molecule has 9 atom stereocenters. The molecular formula is C64H129F13O21. The highest BCUT2D eigenvalue weighted by molar-refractivity contribution is 5.77. The maximum absolute atomic E-state index is 14.5. The van der Waals surface area contributed by atoms with Crippen LogP contribution in [0.1, 0.15) is 148 Å². The highest BCUT2D eigenvalue weighted by Crippen LogP contribution is 2.60. The molecule has 0 aliphatic heterocycles. The monoisotopic (exact) mass is 1480 g/mol. The minimum Gasteiger partial charge on any atom is -0.465 e. The number of carbonyl (C=O) groups excluding carboxylic acids is 3. The molecule has 0 aliphatic carbocycles. The zero-order valence-electron chi connectivity index (χ0n) is 51.8. The first-order valence-electron chi connectivity index (χ1n) is 29.1. The zero-order chi connectivity index (χ0) is 67.7. The van der Waals surface area contributed by atoms with E-state index in [2.05, 4.69) is 4.74 Å². The number of rotatable bonds is 58. The molecule has 602 valence electrons. The first kappa shape index (κ1) is 116. The second kappa shape index (κ2) is 62.5. The van der Waals surface area contributed by atoms with Crippen molar-refractivity contribution < 1.29 is 157 Å². The van der Waals surface area contributed by atoms with Crippen molar-refractivity contribution in [1.82, 2.24) is 0 Å². The Morgan fingerprint density at radius 3 is 0.939 bits per heavy atom. The number of hydrogen-bond acceptors (Lipinski definition) is 21. The van der Waals surface area contributed by atoms with Gasteiger partial charge in [-0.25, -0.2) is 0 Å². The van der Waals surface area contributed by atoms with Crippen LogP contribution in [0.2, 0.25) is 0 Å². The van der Waals surface area contributed by atoms with Crippen LogP contribution in [-0.4, -0.2) is 266 Å². The quantitative estimate of drug-likeness (QED) is 0.0249. The minimum atomic E-state index is -8.10. The van der Waals surface area contributed by atoms with Gasteiger partial charge in [-0.05, 0) is 60.8 Å². The second-order valence-corrected chi connectivity index (χ2v) is 20.6. The van der Waals surface area contributed by atoms with Crippen LogP contribution < -0.4 is 0 Å². The molecular weight excluding hydrogens is 1350 g/mol. The Balaban J connectivity index is -0.00000108. The summed E-state index contributed by atoms with van der Waals surface area (Å²) in [6.07, 6.45) is -14.6. The lowest BCUT2D eigenvalue weighted by atomic mass is 9.86. The molecule has 21 nitrogen and oxygen atoms in total. The van der Waals surface area contributed by atoms with Gasteiger partial charge in [0.05, 0.1) is 213 Å². The third-order valence-corrected chi connectivity index (χ3v) is 12.3. The van der Waals surface area contributed by atoms with Gasteiger partial charge in [-0.15, -0.1) is 0 Å². The van der Waals surface area contributed by atoms with Crippen LogP contribution in [0.4, 0.5) is 57.1 Å². The number of halogens is 13. The smallest absolute Gasteiger partial charge is 0.460 e. The van der Waals surface area contributed by atoms with Crippen molar-refractivity contribution in [3.05, 3.63) is 0 Å². The van der Waals surface area contributed by atoms with Gasteiger partial charge in [0, 0.05) is 0 Å². The molecule has 2 N–H and O–H groups in total. The van der Waals surface area contributed by atoms with Crippen LogP contribution in [0, 0.1) is 17.8 Å². The molecule has 0 fully saturated rings. The van der Waals surface area contributed by atoms with Crippen LogP contribution in [0.3, 0.4) is 0 Å². The average molecular weight is 1480 g/mol. The lowest BCUT2D eigenvalue weighted by molar-refractivity contribution is -0.440. The van der Waals surface area contributed by atoms with Crippen molar-refractivity contribution in [1.29, 1.82) is 0 Å². The van der Waals surface area contributed by atoms with Crippen LogP contribution in [-0.2, 0) is 90.2 Å². The largest absolute Gasteiger partial charge is 0.465 e. The molecule has 0 saturated carbocycles. The summed E-state index contributed by atoms with van der Waals surface area (Å²) in [5, 5.41) is 18.0. The predicted octanol–water partition coefficient (Wildman–Crippen LogP) is 13.1. The topological polar surface area (TPSA) is 239 Å². The standard InChI is InChI=1S/C55H93F13O21.9CH4/c1-9-45(48(72)82-12-10-50(56,57)51(58,59)52(60,61)53(62,63)54(64,65)55(66,67)68)31-46(49(73)89-37-44(8)88-36-43(7)87-35-42(6)86-34-41(5)85-33-40(4)84-32-39(3)70)30-38(2)47(71)83-29-28-81-27-26-80-25-24-79-23-22-78-21-20-77-19-18-76-17-16-75-15-14-74-13-11-69;;;;;;;;;/h38-46,69-70H,9-37H2,1-8H3;9*1H4. The summed E-state index contributed by atoms with van der Waals surface area (Å²) in [6.45, 7) is 15.4. The van der Waals surface area contributed by atoms with E-state index in [9.17, 15) is 76.6 Å². The fourth-order valence-electron chi connectivity index (χ4n) is 7.05. The highest BCUT2D eigenvalue weighted by Gasteiger charge is 2.90. The van der Waals surface area contributed by atoms with E-state index >= 15 is 0 Å². The first-order chi connectivity index (χ1) is 41.6. The molecule has 0 heterocycles. The maximum atomic E-state index is 14.5. The molecule has 0 radical (unpaired) electrons. The Hall–Kier alpha value is -3.10. The lowest BCUT2D eigenvalue weighted by Gasteiger charge is -2.39. The van der Waals surface area contributed by atoms with Crippen molar-refractivity contribution in [3.63, 3.8) is 0 Å². The van der Waals surface area contributed by atoms with Gasteiger partial charge in [-0.1, -0.05) is 80.7 Å². The second-order valence-electron chi connectivity index (χ2n) is 20.6. The van der Waals surface area contributed by atoms with Crippen molar-refractivity contribution in [2.24, 2.45) is 17.8 Å². The van der Waals surface area contributed by atoms with Crippen molar-refractivity contribution >= 4 is 17.9 Å². The summed E-state index contributed by atoms with van der Waals surface area (Å²) in [7, 11) is 0. The van der Waals surface area contributed by atoms with E-state index in [0.29, 0.717) is 66.1 Å². The summed E-state index contributed by atoms with van der Waals surface area (Å²) in [6, 6.07) is 0. The van der Waals surface area contributed by atoms with Crippen molar-refractivity contribution in [3.8, 4) is 0 Å². The molecule has 9 unspecified atom stereocenters. The van der Waals surface area contributed by atoms with Crippen molar-refractivity contribution in [2.75, 3.05) is 165 Å². The average Bonchev–Trinajstić information content (AvgIpc) is 0.714. The van der Waals surface area contributed by atoms with E-state index in [1.165, 1.54) is 20.8 Å². The summed E-state index contributed by atoms with van der Waals surface area (Å²) in [5.74, 6) is -45.7. The SMILES string of the molecule is C.C.C.C.C.C.C.C.C.CCC(CC(CC(C)C(=O)OCCOCCOCCOCCOCCOCCOCCOCCOCCO)C(=O)OCC(C)OCC(C)OCC(C)OCC(C)OCC(C)OCC(C)O)C(=O)OCCC(F)(F)C(F)(F)C(F)(F)C(F)(F)C(F)(F)C(F)(F)F. The van der Waals surface area contributed by atoms with E-state index in [1.807, 2.05) is 0 Å². The van der Waals surface area contributed by atoms with Gasteiger partial charge in [0.2, 0.25) is 0 Å². The summed E-state index contributed by atoms with van der Waals surface area (Å²) in [4.78, 5) is 39.8. The zero-order valence-corrected chi connectivity index (χ0v) is 51.8. The predicted molar refractivity (Wildman–Crippen MR) is 347 cm³/mol. The molecule has 0 aromatic rings. The van der Waals surface area contributed by atoms with E-state index in [0.717, 1.165) is 0 Å². The fraction of sp³-hybridized carbons (Fsp3) is 0.953. The van der Waals surface area contributed by atoms with Gasteiger partial charge in [-0.2, -0.15) is 57.1 Å². The Bertz CT molecular complexity index is 1840. The van der Waals surface area contributed by atoms with E-state index in [-0.39, 0.29) is 177 Å². The number of aliphatic hydroxyl groups is 2. The number of hydrogen-bond donors (Lipinski definition) is 2. The van der Waals surface area contributed by atoms with Crippen LogP contribution in [0.25, 0.3) is 0 Å². The third kappa shape index (κ3) is 47.2. The number of aliphatic hydroxyl groups excluding tert-OH is 2. The summed E-state index contributed by atoms with van der Waals surface area (Å²) < 4.78 is 264. The summed E-state index contributed by atoms with van der Waals surface area (Å²) >= 11 is 0. The van der Waals surface area contributed by atoms with Gasteiger partial charge in [-0.3, -0.25) is 14.4 Å². The van der Waals surface area contributed by atoms with Gasteiger partial charge in [0.25, 0.3) is 0 Å². The Morgan fingerprint density at radius 2 is 0.622 bits per heavy atom. The van der Waals surface area contributed by atoms with Crippen LogP contribution >= 0.6 is 0 Å². The third-order valence-electron chi connectivity index (χ3n) is 12.3. The Labute approximate surface area is 577 Å². The van der Waals surface area contributed by atoms with Crippen LogP contribution in [0.5, 0.6) is 0 Å². The van der Waals surface area contributed by atoms with E-state index in [1.54, 1.807) is 34.6 Å². The fourth-order valence-corrected chi connectivity index (χ4v) is 7.05. The molecule has 0 amide bonds. The molecule has 0 bridgehead atoms. The van der Waals surface area contributed by atoms with Gasteiger partial charge in [0.15, 0.2) is 0 Å². The molecule has 0 rings (SSSR count). The normalized spacial score (nSPS) is 14.6. The molecule has 0 aromatic heterocycles. The highest BCUT2D eigenvalue weighted by atomic mass is 19.4. The van der Waals surface area contributed by atoms with E-state index in [4.69, 9.17) is 76.2 Å². The van der Waals surface area contributed by atoms with E-state index < -0.39 is 122 Å².